The third-order valence-corrected chi connectivity index (χ3v) is 4.58. The number of nitrogens with zero attached hydrogens (tertiary/aromatic N) is 2. The van der Waals surface area contributed by atoms with Crippen molar-refractivity contribution in [3.63, 3.8) is 0 Å². The van der Waals surface area contributed by atoms with Crippen LogP contribution in [0.1, 0.15) is 36.9 Å². The standard InChI is InChI=1S/C22H32N4O/c1-6-7-16-23-22(27)24-21(17-8-12-19(13-9-17)25(2)3)18-10-14-20(15-11-18)26(4)5/h8-15,21H,6-7,16H2,1-5H3,(H2,23,24,27). The lowest BCUT2D eigenvalue weighted by molar-refractivity contribution is 0.238. The van der Waals surface area contributed by atoms with Crippen LogP contribution in [-0.4, -0.2) is 40.8 Å². The first kappa shape index (κ1) is 20.6. The molecule has 0 spiro atoms. The Kier molecular flexibility index (Phi) is 7.53. The summed E-state index contributed by atoms with van der Waals surface area (Å²) in [5.41, 5.74) is 4.38. The van der Waals surface area contributed by atoms with E-state index in [1.807, 2.05) is 28.2 Å². The summed E-state index contributed by atoms with van der Waals surface area (Å²) in [6, 6.07) is 16.3. The Labute approximate surface area is 163 Å². The van der Waals surface area contributed by atoms with E-state index in [0.29, 0.717) is 6.54 Å². The lowest BCUT2D eigenvalue weighted by Gasteiger charge is -2.22. The van der Waals surface area contributed by atoms with Crippen LogP contribution in [-0.2, 0) is 0 Å². The van der Waals surface area contributed by atoms with Crippen LogP contribution in [0.2, 0.25) is 0 Å². The second-order valence-corrected chi connectivity index (χ2v) is 7.16. The number of rotatable bonds is 8. The molecule has 2 N–H and O–H groups in total. The van der Waals surface area contributed by atoms with Crippen LogP contribution in [0.5, 0.6) is 0 Å². The third-order valence-electron chi connectivity index (χ3n) is 4.58. The lowest BCUT2D eigenvalue weighted by Crippen LogP contribution is -2.38. The fourth-order valence-corrected chi connectivity index (χ4v) is 2.85. The maximum atomic E-state index is 12.4. The molecule has 0 unspecified atom stereocenters. The van der Waals surface area contributed by atoms with Crippen molar-refractivity contribution < 1.29 is 4.79 Å². The zero-order valence-corrected chi connectivity index (χ0v) is 17.1. The minimum Gasteiger partial charge on any atom is -0.378 e. The molecule has 0 saturated carbocycles. The molecule has 2 rings (SSSR count). The Hall–Kier alpha value is -2.69. The predicted molar refractivity (Wildman–Crippen MR) is 115 cm³/mol. The largest absolute Gasteiger partial charge is 0.378 e. The number of hydrogen-bond donors (Lipinski definition) is 2. The average molecular weight is 369 g/mol. The van der Waals surface area contributed by atoms with Crippen molar-refractivity contribution in [1.29, 1.82) is 0 Å². The quantitative estimate of drug-likeness (QED) is 0.692. The van der Waals surface area contributed by atoms with Gasteiger partial charge in [0.2, 0.25) is 0 Å². The molecule has 0 saturated heterocycles. The number of nitrogens with one attached hydrogen (secondary N) is 2. The van der Waals surface area contributed by atoms with E-state index in [2.05, 4.69) is 75.9 Å². The summed E-state index contributed by atoms with van der Waals surface area (Å²) in [5, 5.41) is 6.07. The van der Waals surface area contributed by atoms with E-state index in [1.165, 1.54) is 0 Å². The zero-order chi connectivity index (χ0) is 19.8. The smallest absolute Gasteiger partial charge is 0.315 e. The third kappa shape index (κ3) is 5.91. The van der Waals surface area contributed by atoms with Crippen LogP contribution in [0.15, 0.2) is 48.5 Å². The van der Waals surface area contributed by atoms with Crippen LogP contribution in [0, 0.1) is 0 Å². The van der Waals surface area contributed by atoms with Crippen LogP contribution in [0.3, 0.4) is 0 Å². The van der Waals surface area contributed by atoms with Crippen molar-refractivity contribution in [1.82, 2.24) is 10.6 Å². The van der Waals surface area contributed by atoms with Gasteiger partial charge >= 0.3 is 6.03 Å². The number of amides is 2. The monoisotopic (exact) mass is 368 g/mol. The van der Waals surface area contributed by atoms with Crippen LogP contribution in [0.25, 0.3) is 0 Å². The van der Waals surface area contributed by atoms with E-state index in [4.69, 9.17) is 0 Å². The Bertz CT molecular complexity index is 657. The number of anilines is 2. The first-order chi connectivity index (χ1) is 12.9. The zero-order valence-electron chi connectivity index (χ0n) is 17.1. The number of carbonyl (C=O) groups is 1. The fraction of sp³-hybridized carbons (Fsp3) is 0.409. The Morgan fingerprint density at radius 3 is 1.67 bits per heavy atom. The highest BCUT2D eigenvalue weighted by Gasteiger charge is 2.17. The summed E-state index contributed by atoms with van der Waals surface area (Å²) >= 11 is 0. The van der Waals surface area contributed by atoms with Gasteiger partial charge in [-0.25, -0.2) is 4.79 Å². The summed E-state index contributed by atoms with van der Waals surface area (Å²) in [6.07, 6.45) is 2.04. The molecule has 5 nitrogen and oxygen atoms in total. The van der Waals surface area contributed by atoms with Crippen molar-refractivity contribution in [2.45, 2.75) is 25.8 Å². The molecule has 0 aliphatic heterocycles. The molecule has 0 aliphatic rings. The number of benzene rings is 2. The summed E-state index contributed by atoms with van der Waals surface area (Å²) in [6.45, 7) is 2.80. The predicted octanol–water partition coefficient (Wildman–Crippen LogP) is 4.01. The minimum absolute atomic E-state index is 0.137. The fourth-order valence-electron chi connectivity index (χ4n) is 2.85. The second-order valence-electron chi connectivity index (χ2n) is 7.16. The Balaban J connectivity index is 2.25. The molecule has 5 heteroatoms. The van der Waals surface area contributed by atoms with Gasteiger partial charge < -0.3 is 20.4 Å². The molecular formula is C22H32N4O. The minimum atomic E-state index is -0.195. The van der Waals surface area contributed by atoms with E-state index in [9.17, 15) is 4.79 Å². The van der Waals surface area contributed by atoms with Crippen LogP contribution >= 0.6 is 0 Å². The Morgan fingerprint density at radius 2 is 1.30 bits per heavy atom. The number of unbranched alkanes of at least 4 members (excludes halogenated alkanes) is 1. The van der Waals surface area contributed by atoms with Crippen molar-refractivity contribution >= 4 is 17.4 Å². The summed E-state index contributed by atoms with van der Waals surface area (Å²) in [4.78, 5) is 16.5. The molecule has 146 valence electrons. The van der Waals surface area contributed by atoms with Gasteiger partial charge in [0.1, 0.15) is 0 Å². The molecule has 0 aliphatic carbocycles. The number of carbonyl (C=O) groups excluding carboxylic acids is 1. The van der Waals surface area contributed by atoms with Gasteiger partial charge in [-0.2, -0.15) is 0 Å². The Morgan fingerprint density at radius 1 is 0.852 bits per heavy atom. The second kappa shape index (κ2) is 9.86. The summed E-state index contributed by atoms with van der Waals surface area (Å²) in [5.74, 6) is 0. The van der Waals surface area contributed by atoms with E-state index in [0.717, 1.165) is 35.3 Å². The highest BCUT2D eigenvalue weighted by Crippen LogP contribution is 2.26. The maximum Gasteiger partial charge on any atom is 0.315 e. The van der Waals surface area contributed by atoms with Gasteiger partial charge in [0, 0.05) is 46.1 Å². The normalized spacial score (nSPS) is 10.6. The lowest BCUT2D eigenvalue weighted by atomic mass is 9.98. The van der Waals surface area contributed by atoms with Gasteiger partial charge in [-0.3, -0.25) is 0 Å². The van der Waals surface area contributed by atoms with Gasteiger partial charge in [0.05, 0.1) is 6.04 Å². The molecule has 0 radical (unpaired) electrons. The first-order valence-electron chi connectivity index (χ1n) is 9.51. The van der Waals surface area contributed by atoms with Gasteiger partial charge in [0.15, 0.2) is 0 Å². The van der Waals surface area contributed by atoms with Crippen molar-refractivity contribution in [2.24, 2.45) is 0 Å². The van der Waals surface area contributed by atoms with E-state index in [-0.39, 0.29) is 12.1 Å². The highest BCUT2D eigenvalue weighted by molar-refractivity contribution is 5.75. The van der Waals surface area contributed by atoms with Crippen LogP contribution < -0.4 is 20.4 Å². The number of urea groups is 1. The molecule has 2 aromatic carbocycles. The van der Waals surface area contributed by atoms with Crippen molar-refractivity contribution in [2.75, 3.05) is 44.5 Å². The molecule has 0 aromatic heterocycles. The van der Waals surface area contributed by atoms with Gasteiger partial charge in [0.25, 0.3) is 0 Å². The molecule has 0 fully saturated rings. The van der Waals surface area contributed by atoms with Gasteiger partial charge in [-0.05, 0) is 41.8 Å². The van der Waals surface area contributed by atoms with Crippen LogP contribution in [0.4, 0.5) is 16.2 Å². The maximum absolute atomic E-state index is 12.4. The summed E-state index contributed by atoms with van der Waals surface area (Å²) < 4.78 is 0. The summed E-state index contributed by atoms with van der Waals surface area (Å²) in [7, 11) is 8.08. The molecule has 2 amide bonds. The van der Waals surface area contributed by atoms with E-state index < -0.39 is 0 Å². The van der Waals surface area contributed by atoms with Gasteiger partial charge in [-0.1, -0.05) is 37.6 Å². The SMILES string of the molecule is CCCCNC(=O)NC(c1ccc(N(C)C)cc1)c1ccc(N(C)C)cc1. The molecule has 2 aromatic rings. The topological polar surface area (TPSA) is 47.6 Å². The molecule has 0 bridgehead atoms. The molecule has 27 heavy (non-hydrogen) atoms. The van der Waals surface area contributed by atoms with Crippen molar-refractivity contribution in [3.8, 4) is 0 Å². The molecular weight excluding hydrogens is 336 g/mol. The van der Waals surface area contributed by atoms with E-state index >= 15 is 0 Å². The first-order valence-corrected chi connectivity index (χ1v) is 9.51. The van der Waals surface area contributed by atoms with Crippen molar-refractivity contribution in [3.05, 3.63) is 59.7 Å². The molecule has 0 heterocycles. The number of hydrogen-bond acceptors (Lipinski definition) is 3. The highest BCUT2D eigenvalue weighted by atomic mass is 16.2. The van der Waals surface area contributed by atoms with E-state index in [1.54, 1.807) is 0 Å². The molecule has 0 atom stereocenters. The average Bonchev–Trinajstić information content (AvgIpc) is 2.66. The van der Waals surface area contributed by atoms with Gasteiger partial charge in [-0.15, -0.1) is 0 Å².